The highest BCUT2D eigenvalue weighted by molar-refractivity contribution is 6.09. The summed E-state index contributed by atoms with van der Waals surface area (Å²) in [6.45, 7) is 0.420. The van der Waals surface area contributed by atoms with E-state index in [1.807, 2.05) is 18.2 Å². The molecule has 1 aliphatic carbocycles. The molecule has 0 atom stereocenters. The number of rotatable bonds is 5. The quantitative estimate of drug-likeness (QED) is 0.792. The number of aromatic amines is 1. The van der Waals surface area contributed by atoms with Crippen molar-refractivity contribution in [3.63, 3.8) is 0 Å². The molecule has 0 radical (unpaired) electrons. The number of H-pyrrole nitrogens is 1. The molecule has 1 aliphatic rings. The lowest BCUT2D eigenvalue weighted by Gasteiger charge is -2.02. The molecule has 4 nitrogen and oxygen atoms in total. The molecule has 4 heteroatoms. The van der Waals surface area contributed by atoms with Crippen LogP contribution in [-0.2, 0) is 0 Å². The average molecular weight is 244 g/mol. The Morgan fingerprint density at radius 1 is 1.50 bits per heavy atom. The first-order valence-electron chi connectivity index (χ1n) is 6.19. The van der Waals surface area contributed by atoms with Crippen LogP contribution >= 0.6 is 0 Å². The van der Waals surface area contributed by atoms with Crippen LogP contribution in [0.25, 0.3) is 10.9 Å². The summed E-state index contributed by atoms with van der Waals surface area (Å²) in [6.07, 6.45) is 4.16. The van der Waals surface area contributed by atoms with Gasteiger partial charge in [-0.3, -0.25) is 4.79 Å². The van der Waals surface area contributed by atoms with E-state index in [2.05, 4.69) is 10.3 Å². The number of ether oxygens (including phenoxy) is 1. The number of fused-ring (bicyclic) bond motifs is 1. The van der Waals surface area contributed by atoms with E-state index in [0.717, 1.165) is 22.2 Å². The first kappa shape index (κ1) is 11.3. The zero-order valence-corrected chi connectivity index (χ0v) is 10.3. The van der Waals surface area contributed by atoms with Gasteiger partial charge >= 0.3 is 0 Å². The Kier molecular flexibility index (Phi) is 2.80. The van der Waals surface area contributed by atoms with Crippen LogP contribution in [0.15, 0.2) is 24.4 Å². The molecule has 3 rings (SSSR count). The van der Waals surface area contributed by atoms with Crippen LogP contribution in [0.4, 0.5) is 0 Å². The van der Waals surface area contributed by atoms with E-state index in [1.54, 1.807) is 13.3 Å². The van der Waals surface area contributed by atoms with E-state index in [9.17, 15) is 4.79 Å². The highest BCUT2D eigenvalue weighted by Gasteiger charge is 2.22. The van der Waals surface area contributed by atoms with E-state index in [1.165, 1.54) is 12.8 Å². The van der Waals surface area contributed by atoms with E-state index in [0.29, 0.717) is 12.6 Å². The first-order chi connectivity index (χ1) is 8.78. The van der Waals surface area contributed by atoms with E-state index in [-0.39, 0.29) is 5.78 Å². The third-order valence-corrected chi connectivity index (χ3v) is 3.32. The van der Waals surface area contributed by atoms with Crippen molar-refractivity contribution in [3.8, 4) is 5.75 Å². The number of benzene rings is 1. The van der Waals surface area contributed by atoms with Crippen LogP contribution in [0.2, 0.25) is 0 Å². The molecule has 0 unspecified atom stereocenters. The monoisotopic (exact) mass is 244 g/mol. The number of hydrogen-bond donors (Lipinski definition) is 2. The number of ketones is 1. The van der Waals surface area contributed by atoms with Gasteiger partial charge in [0, 0.05) is 34.8 Å². The summed E-state index contributed by atoms with van der Waals surface area (Å²) in [5, 5.41) is 4.20. The van der Waals surface area contributed by atoms with Crippen molar-refractivity contribution in [2.24, 2.45) is 0 Å². The number of hydrogen-bond acceptors (Lipinski definition) is 3. The molecule has 94 valence electrons. The van der Waals surface area contributed by atoms with Crippen molar-refractivity contribution in [2.75, 3.05) is 13.7 Å². The predicted molar refractivity (Wildman–Crippen MR) is 70.2 cm³/mol. The van der Waals surface area contributed by atoms with Gasteiger partial charge in [0.2, 0.25) is 0 Å². The lowest BCUT2D eigenvalue weighted by Crippen LogP contribution is -2.24. The Hall–Kier alpha value is -1.81. The molecule has 0 bridgehead atoms. The second-order valence-electron chi connectivity index (χ2n) is 4.69. The number of Topliss-reactive ketones (excluding diaryl/α,β-unsaturated/α-hetero) is 1. The van der Waals surface area contributed by atoms with Crippen LogP contribution in [-0.4, -0.2) is 30.5 Å². The van der Waals surface area contributed by atoms with Gasteiger partial charge in [-0.2, -0.15) is 0 Å². The van der Waals surface area contributed by atoms with Crippen molar-refractivity contribution >= 4 is 16.7 Å². The SMILES string of the molecule is COc1ccc2c(C(=O)CNC3CC3)c[nH]c2c1. The van der Waals surface area contributed by atoms with Gasteiger partial charge < -0.3 is 15.0 Å². The van der Waals surface area contributed by atoms with Gasteiger partial charge in [-0.05, 0) is 25.0 Å². The van der Waals surface area contributed by atoms with E-state index >= 15 is 0 Å². The highest BCUT2D eigenvalue weighted by atomic mass is 16.5. The van der Waals surface area contributed by atoms with Gasteiger partial charge in [0.1, 0.15) is 5.75 Å². The van der Waals surface area contributed by atoms with Crippen LogP contribution in [0.1, 0.15) is 23.2 Å². The fourth-order valence-corrected chi connectivity index (χ4v) is 2.08. The number of carbonyl (C=O) groups is 1. The molecule has 0 saturated heterocycles. The second-order valence-corrected chi connectivity index (χ2v) is 4.69. The Morgan fingerprint density at radius 2 is 2.33 bits per heavy atom. The minimum atomic E-state index is 0.137. The Balaban J connectivity index is 1.84. The van der Waals surface area contributed by atoms with Crippen molar-refractivity contribution in [2.45, 2.75) is 18.9 Å². The maximum atomic E-state index is 12.1. The third kappa shape index (κ3) is 2.11. The van der Waals surface area contributed by atoms with Gasteiger partial charge in [-0.15, -0.1) is 0 Å². The minimum Gasteiger partial charge on any atom is -0.497 e. The molecule has 1 aromatic carbocycles. The number of methoxy groups -OCH3 is 1. The zero-order chi connectivity index (χ0) is 12.5. The van der Waals surface area contributed by atoms with Crippen molar-refractivity contribution in [3.05, 3.63) is 30.0 Å². The standard InChI is InChI=1S/C14H16N2O2/c1-18-10-4-5-11-12(7-16-13(11)6-10)14(17)8-15-9-2-3-9/h4-7,9,15-16H,2-3,8H2,1H3. The molecule has 1 fully saturated rings. The smallest absolute Gasteiger partial charge is 0.178 e. The molecule has 1 saturated carbocycles. The summed E-state index contributed by atoms with van der Waals surface area (Å²) < 4.78 is 5.16. The summed E-state index contributed by atoms with van der Waals surface area (Å²) in [5.41, 5.74) is 1.69. The van der Waals surface area contributed by atoms with Gasteiger partial charge in [0.15, 0.2) is 5.78 Å². The summed E-state index contributed by atoms with van der Waals surface area (Å²) >= 11 is 0. The van der Waals surface area contributed by atoms with Gasteiger partial charge in [-0.1, -0.05) is 0 Å². The first-order valence-corrected chi connectivity index (χ1v) is 6.19. The van der Waals surface area contributed by atoms with Crippen molar-refractivity contribution in [1.29, 1.82) is 0 Å². The molecule has 0 amide bonds. The number of aromatic nitrogens is 1. The van der Waals surface area contributed by atoms with Gasteiger partial charge in [0.25, 0.3) is 0 Å². The maximum absolute atomic E-state index is 12.1. The second kappa shape index (κ2) is 4.46. The van der Waals surface area contributed by atoms with Crippen LogP contribution in [0, 0.1) is 0 Å². The lowest BCUT2D eigenvalue weighted by molar-refractivity contribution is 0.0992. The molecule has 1 aromatic heterocycles. The number of nitrogens with one attached hydrogen (secondary N) is 2. The van der Waals surface area contributed by atoms with Crippen molar-refractivity contribution in [1.82, 2.24) is 10.3 Å². The normalized spacial score (nSPS) is 14.9. The molecule has 0 spiro atoms. The fraction of sp³-hybridized carbons (Fsp3) is 0.357. The Labute approximate surface area is 105 Å². The Bertz CT molecular complexity index is 584. The molecule has 1 heterocycles. The minimum absolute atomic E-state index is 0.137. The number of carbonyl (C=O) groups excluding carboxylic acids is 1. The van der Waals surface area contributed by atoms with Crippen molar-refractivity contribution < 1.29 is 9.53 Å². The van der Waals surface area contributed by atoms with Crippen LogP contribution < -0.4 is 10.1 Å². The molecule has 2 aromatic rings. The zero-order valence-electron chi connectivity index (χ0n) is 10.3. The topological polar surface area (TPSA) is 54.1 Å². The molecule has 2 N–H and O–H groups in total. The van der Waals surface area contributed by atoms with Crippen LogP contribution in [0.5, 0.6) is 5.75 Å². The fourth-order valence-electron chi connectivity index (χ4n) is 2.08. The summed E-state index contributed by atoms with van der Waals surface area (Å²) in [5.74, 6) is 0.928. The maximum Gasteiger partial charge on any atom is 0.178 e. The van der Waals surface area contributed by atoms with E-state index < -0.39 is 0 Å². The molecule has 18 heavy (non-hydrogen) atoms. The lowest BCUT2D eigenvalue weighted by atomic mass is 10.1. The molecular weight excluding hydrogens is 228 g/mol. The Morgan fingerprint density at radius 3 is 3.06 bits per heavy atom. The summed E-state index contributed by atoms with van der Waals surface area (Å²) in [4.78, 5) is 15.2. The summed E-state index contributed by atoms with van der Waals surface area (Å²) in [7, 11) is 1.63. The van der Waals surface area contributed by atoms with Crippen LogP contribution in [0.3, 0.4) is 0 Å². The van der Waals surface area contributed by atoms with Gasteiger partial charge in [0.05, 0.1) is 13.7 Å². The van der Waals surface area contributed by atoms with E-state index in [4.69, 9.17) is 4.74 Å². The largest absolute Gasteiger partial charge is 0.497 e. The molecular formula is C14H16N2O2. The highest BCUT2D eigenvalue weighted by Crippen LogP contribution is 2.24. The molecule has 0 aliphatic heterocycles. The van der Waals surface area contributed by atoms with Gasteiger partial charge in [-0.25, -0.2) is 0 Å². The average Bonchev–Trinajstić information content (AvgIpc) is 3.13. The predicted octanol–water partition coefficient (Wildman–Crippen LogP) is 2.11. The summed E-state index contributed by atoms with van der Waals surface area (Å²) in [6, 6.07) is 6.26. The third-order valence-electron chi connectivity index (χ3n) is 3.32.